The summed E-state index contributed by atoms with van der Waals surface area (Å²) in [6, 6.07) is 1.22. The Balaban J connectivity index is 2.96. The highest BCUT2D eigenvalue weighted by atomic mass is 79.9. The number of alkyl carbamates (subject to hydrolysis) is 1. The second kappa shape index (κ2) is 6.30. The fourth-order valence-electron chi connectivity index (χ4n) is 1.56. The molecule has 0 aliphatic rings. The fourth-order valence-corrected chi connectivity index (χ4v) is 2.20. The molecule has 1 aromatic heterocycles. The van der Waals surface area contributed by atoms with Crippen molar-refractivity contribution in [3.05, 3.63) is 32.2 Å². The van der Waals surface area contributed by atoms with E-state index in [1.807, 2.05) is 0 Å². The number of carbonyl (C=O) groups excluding carboxylic acids is 1. The number of carbonyl (C=O) groups is 2. The number of hydrogen-bond donors (Lipinski definition) is 2. The Bertz CT molecular complexity index is 631. The molecular formula is C13H17BrN2O5. The van der Waals surface area contributed by atoms with E-state index in [1.165, 1.54) is 17.7 Å². The van der Waals surface area contributed by atoms with Crippen molar-refractivity contribution >= 4 is 28.0 Å². The van der Waals surface area contributed by atoms with Crippen LogP contribution in [0.1, 0.15) is 36.8 Å². The van der Waals surface area contributed by atoms with Crippen LogP contribution in [0, 0.1) is 0 Å². The summed E-state index contributed by atoms with van der Waals surface area (Å²) in [5, 5.41) is 11.4. The third-order valence-corrected chi connectivity index (χ3v) is 3.20. The maximum Gasteiger partial charge on any atom is 0.407 e. The molecule has 21 heavy (non-hydrogen) atoms. The molecule has 1 rings (SSSR count). The minimum atomic E-state index is -1.30. The van der Waals surface area contributed by atoms with Gasteiger partial charge in [-0.25, -0.2) is 9.59 Å². The van der Waals surface area contributed by atoms with E-state index >= 15 is 0 Å². The van der Waals surface area contributed by atoms with Crippen LogP contribution in [0.4, 0.5) is 4.79 Å². The number of halogens is 1. The first-order valence-corrected chi connectivity index (χ1v) is 6.91. The van der Waals surface area contributed by atoms with Crippen LogP contribution in [0.5, 0.6) is 0 Å². The number of carboxylic acids is 1. The Morgan fingerprint density at radius 3 is 2.48 bits per heavy atom. The summed E-state index contributed by atoms with van der Waals surface area (Å²) in [7, 11) is 1.44. The van der Waals surface area contributed by atoms with E-state index in [0.29, 0.717) is 10.2 Å². The Hall–Kier alpha value is -1.83. The van der Waals surface area contributed by atoms with E-state index in [-0.39, 0.29) is 12.1 Å². The fraction of sp³-hybridized carbons (Fsp3) is 0.462. The molecule has 7 nitrogen and oxygen atoms in total. The second-order valence-corrected chi connectivity index (χ2v) is 6.23. The first-order chi connectivity index (χ1) is 9.53. The first-order valence-electron chi connectivity index (χ1n) is 6.11. The molecule has 0 bridgehead atoms. The van der Waals surface area contributed by atoms with Crippen LogP contribution < -0.4 is 10.9 Å². The normalized spacial score (nSPS) is 11.1. The number of ether oxygens (including phenoxy) is 1. The molecule has 1 aromatic rings. The zero-order chi connectivity index (χ0) is 16.4. The highest BCUT2D eigenvalue weighted by Crippen LogP contribution is 2.16. The molecular weight excluding hydrogens is 344 g/mol. The van der Waals surface area contributed by atoms with Gasteiger partial charge in [0.15, 0.2) is 0 Å². The standard InChI is InChI=1S/C13H17BrN2O5/c1-13(2,3)21-12(20)15-6-9-8(14)5-7(11(18)19)10(17)16(9)4/h5H,6H2,1-4H3,(H,15,20)(H,18,19). The van der Waals surface area contributed by atoms with Crippen molar-refractivity contribution in [2.45, 2.75) is 32.9 Å². The average molecular weight is 361 g/mol. The average Bonchev–Trinajstić information content (AvgIpc) is 2.31. The molecule has 0 aliphatic heterocycles. The summed E-state index contributed by atoms with van der Waals surface area (Å²) in [6.45, 7) is 5.24. The molecule has 0 aliphatic carbocycles. The minimum Gasteiger partial charge on any atom is -0.477 e. The van der Waals surface area contributed by atoms with Crippen LogP contribution in [0.3, 0.4) is 0 Å². The number of amides is 1. The highest BCUT2D eigenvalue weighted by molar-refractivity contribution is 9.10. The number of rotatable bonds is 3. The van der Waals surface area contributed by atoms with Crippen molar-refractivity contribution < 1.29 is 19.4 Å². The van der Waals surface area contributed by atoms with E-state index in [0.717, 1.165) is 0 Å². The third kappa shape index (κ3) is 4.59. The van der Waals surface area contributed by atoms with Crippen molar-refractivity contribution in [1.29, 1.82) is 0 Å². The Morgan fingerprint density at radius 1 is 1.43 bits per heavy atom. The van der Waals surface area contributed by atoms with Gasteiger partial charge in [0.05, 0.1) is 12.2 Å². The summed E-state index contributed by atoms with van der Waals surface area (Å²) >= 11 is 3.20. The van der Waals surface area contributed by atoms with Crippen LogP contribution in [0.15, 0.2) is 15.3 Å². The molecule has 1 heterocycles. The molecule has 1 amide bonds. The molecule has 0 aromatic carbocycles. The number of pyridine rings is 1. The van der Waals surface area contributed by atoms with Gasteiger partial charge >= 0.3 is 12.1 Å². The number of carboxylic acid groups (broad SMARTS) is 1. The summed E-state index contributed by atoms with van der Waals surface area (Å²) in [5.41, 5.74) is -1.17. The van der Waals surface area contributed by atoms with Gasteiger partial charge in [-0.05, 0) is 42.8 Å². The first kappa shape index (κ1) is 17.2. The molecule has 0 fully saturated rings. The molecule has 0 saturated heterocycles. The molecule has 0 saturated carbocycles. The smallest absolute Gasteiger partial charge is 0.407 e. The minimum absolute atomic E-state index is 0.0289. The van der Waals surface area contributed by atoms with Crippen molar-refractivity contribution in [3.63, 3.8) is 0 Å². The van der Waals surface area contributed by atoms with Gasteiger partial charge in [-0.3, -0.25) is 4.79 Å². The Labute approximate surface area is 130 Å². The zero-order valence-electron chi connectivity index (χ0n) is 12.2. The predicted molar refractivity (Wildman–Crippen MR) is 79.4 cm³/mol. The lowest BCUT2D eigenvalue weighted by atomic mass is 10.2. The van der Waals surface area contributed by atoms with Gasteiger partial charge in [0.2, 0.25) is 0 Å². The molecule has 0 atom stereocenters. The van der Waals surface area contributed by atoms with Crippen LogP contribution >= 0.6 is 15.9 Å². The van der Waals surface area contributed by atoms with Gasteiger partial charge < -0.3 is 19.7 Å². The summed E-state index contributed by atoms with van der Waals surface area (Å²) in [6.07, 6.45) is -0.621. The summed E-state index contributed by atoms with van der Waals surface area (Å²) in [5.74, 6) is -1.30. The van der Waals surface area contributed by atoms with E-state index in [1.54, 1.807) is 20.8 Å². The SMILES string of the molecule is Cn1c(CNC(=O)OC(C)(C)C)c(Br)cc(C(=O)O)c1=O. The van der Waals surface area contributed by atoms with E-state index < -0.39 is 23.2 Å². The quantitative estimate of drug-likeness (QED) is 0.857. The second-order valence-electron chi connectivity index (χ2n) is 5.38. The number of nitrogens with one attached hydrogen (secondary N) is 1. The maximum atomic E-state index is 11.9. The number of hydrogen-bond acceptors (Lipinski definition) is 4. The lowest BCUT2D eigenvalue weighted by Gasteiger charge is -2.20. The highest BCUT2D eigenvalue weighted by Gasteiger charge is 2.18. The van der Waals surface area contributed by atoms with Crippen LogP contribution in [-0.2, 0) is 18.3 Å². The van der Waals surface area contributed by atoms with E-state index in [4.69, 9.17) is 9.84 Å². The zero-order valence-corrected chi connectivity index (χ0v) is 13.8. The van der Waals surface area contributed by atoms with Gasteiger partial charge in [0.1, 0.15) is 11.2 Å². The number of aromatic nitrogens is 1. The van der Waals surface area contributed by atoms with Crippen molar-refractivity contribution in [2.75, 3.05) is 0 Å². The lowest BCUT2D eigenvalue weighted by Crippen LogP contribution is -2.34. The summed E-state index contributed by atoms with van der Waals surface area (Å²) in [4.78, 5) is 34.4. The van der Waals surface area contributed by atoms with Crippen molar-refractivity contribution in [3.8, 4) is 0 Å². The van der Waals surface area contributed by atoms with Crippen molar-refractivity contribution in [1.82, 2.24) is 9.88 Å². The lowest BCUT2D eigenvalue weighted by molar-refractivity contribution is 0.0521. The maximum absolute atomic E-state index is 11.9. The molecule has 116 valence electrons. The molecule has 2 N–H and O–H groups in total. The molecule has 0 spiro atoms. The van der Waals surface area contributed by atoms with Gasteiger partial charge in [0.25, 0.3) is 5.56 Å². The van der Waals surface area contributed by atoms with Gasteiger partial charge in [0, 0.05) is 11.5 Å². The predicted octanol–water partition coefficient (Wildman–Crippen LogP) is 1.87. The monoisotopic (exact) mass is 360 g/mol. The van der Waals surface area contributed by atoms with Crippen LogP contribution in [0.25, 0.3) is 0 Å². The Morgan fingerprint density at radius 2 is 2.00 bits per heavy atom. The van der Waals surface area contributed by atoms with E-state index in [2.05, 4.69) is 21.2 Å². The van der Waals surface area contributed by atoms with Crippen LogP contribution in [-0.4, -0.2) is 27.3 Å². The topological polar surface area (TPSA) is 97.6 Å². The largest absolute Gasteiger partial charge is 0.477 e. The van der Waals surface area contributed by atoms with Gasteiger partial charge in [-0.2, -0.15) is 0 Å². The molecule has 0 radical (unpaired) electrons. The van der Waals surface area contributed by atoms with E-state index in [9.17, 15) is 14.4 Å². The van der Waals surface area contributed by atoms with Gasteiger partial charge in [-0.15, -0.1) is 0 Å². The number of aromatic carboxylic acids is 1. The van der Waals surface area contributed by atoms with Crippen LogP contribution in [0.2, 0.25) is 0 Å². The van der Waals surface area contributed by atoms with Gasteiger partial charge in [-0.1, -0.05) is 0 Å². The van der Waals surface area contributed by atoms with Crippen molar-refractivity contribution in [2.24, 2.45) is 7.05 Å². The molecule has 8 heteroatoms. The third-order valence-electron chi connectivity index (χ3n) is 2.52. The molecule has 0 unspecified atom stereocenters. The number of nitrogens with zero attached hydrogens (tertiary/aromatic N) is 1. The Kier molecular flexibility index (Phi) is 5.16. The summed E-state index contributed by atoms with van der Waals surface area (Å²) < 4.78 is 6.67.